The second-order valence-electron chi connectivity index (χ2n) is 5.79. The van der Waals surface area contributed by atoms with Crippen LogP contribution in [-0.4, -0.2) is 44.8 Å². The van der Waals surface area contributed by atoms with E-state index in [-0.39, 0.29) is 0 Å². The number of rotatable bonds is 5. The molecule has 1 aromatic heterocycles. The number of fused-ring (bicyclic) bond motifs is 1. The number of pyridine rings is 1. The van der Waals surface area contributed by atoms with E-state index in [4.69, 9.17) is 9.47 Å². The van der Waals surface area contributed by atoms with Crippen molar-refractivity contribution in [1.29, 1.82) is 0 Å². The summed E-state index contributed by atoms with van der Waals surface area (Å²) >= 11 is 0. The highest BCUT2D eigenvalue weighted by Crippen LogP contribution is 2.35. The SMILES string of the molecule is C[C@H](C(=O)Nc1cccnc1)N(c1ccc2c(c1)OCCO2)S(C)(=O)=O. The standard InChI is InChI=1S/C17H19N3O5S/c1-12(17(21)19-13-4-3-7-18-11-13)20(26(2,22)23)14-5-6-15-16(10-14)25-9-8-24-15/h3-7,10-12H,8-9H2,1-2H3,(H,19,21)/t12-/m1/s1. The molecule has 0 radical (unpaired) electrons. The van der Waals surface area contributed by atoms with Crippen LogP contribution >= 0.6 is 0 Å². The van der Waals surface area contributed by atoms with Gasteiger partial charge in [0, 0.05) is 12.3 Å². The average Bonchev–Trinajstić information content (AvgIpc) is 2.61. The molecule has 1 amide bonds. The number of sulfonamides is 1. The molecule has 0 saturated carbocycles. The van der Waals surface area contributed by atoms with Crippen LogP contribution in [0.15, 0.2) is 42.7 Å². The molecule has 0 bridgehead atoms. The van der Waals surface area contributed by atoms with Gasteiger partial charge in [-0.3, -0.25) is 14.1 Å². The van der Waals surface area contributed by atoms with Crippen molar-refractivity contribution >= 4 is 27.3 Å². The van der Waals surface area contributed by atoms with Gasteiger partial charge >= 0.3 is 0 Å². The van der Waals surface area contributed by atoms with Crippen molar-refractivity contribution in [3.8, 4) is 11.5 Å². The summed E-state index contributed by atoms with van der Waals surface area (Å²) in [5.74, 6) is 0.515. The van der Waals surface area contributed by atoms with Crippen LogP contribution in [0.3, 0.4) is 0 Å². The Bertz CT molecular complexity index is 902. The third-order valence-corrected chi connectivity index (χ3v) is 5.04. The van der Waals surface area contributed by atoms with Gasteiger partial charge < -0.3 is 14.8 Å². The van der Waals surface area contributed by atoms with Crippen LogP contribution in [0.2, 0.25) is 0 Å². The number of carbonyl (C=O) groups is 1. The van der Waals surface area contributed by atoms with E-state index < -0.39 is 22.0 Å². The van der Waals surface area contributed by atoms with E-state index in [9.17, 15) is 13.2 Å². The van der Waals surface area contributed by atoms with Crippen molar-refractivity contribution in [1.82, 2.24) is 4.98 Å². The summed E-state index contributed by atoms with van der Waals surface area (Å²) in [5, 5.41) is 2.66. The third-order valence-electron chi connectivity index (χ3n) is 3.80. The van der Waals surface area contributed by atoms with Crippen molar-refractivity contribution in [2.75, 3.05) is 29.1 Å². The number of carbonyl (C=O) groups excluding carboxylic acids is 1. The molecule has 2 aromatic rings. The fourth-order valence-corrected chi connectivity index (χ4v) is 3.83. The van der Waals surface area contributed by atoms with E-state index >= 15 is 0 Å². The number of anilines is 2. The molecule has 3 rings (SSSR count). The molecular formula is C17H19N3O5S. The molecule has 0 fully saturated rings. The largest absolute Gasteiger partial charge is 0.486 e. The molecule has 1 aliphatic heterocycles. The molecule has 1 atom stereocenters. The number of nitrogens with zero attached hydrogens (tertiary/aromatic N) is 2. The zero-order chi connectivity index (χ0) is 18.7. The molecule has 26 heavy (non-hydrogen) atoms. The Hall–Kier alpha value is -2.81. The molecular weight excluding hydrogens is 358 g/mol. The van der Waals surface area contributed by atoms with Crippen molar-refractivity contribution in [2.45, 2.75) is 13.0 Å². The zero-order valence-electron chi connectivity index (χ0n) is 14.4. The lowest BCUT2D eigenvalue weighted by Crippen LogP contribution is -2.45. The van der Waals surface area contributed by atoms with Crippen molar-refractivity contribution in [2.24, 2.45) is 0 Å². The highest BCUT2D eigenvalue weighted by atomic mass is 32.2. The molecule has 0 saturated heterocycles. The monoisotopic (exact) mass is 377 g/mol. The maximum Gasteiger partial charge on any atom is 0.248 e. The number of benzene rings is 1. The Kier molecular flexibility index (Phi) is 4.99. The highest BCUT2D eigenvalue weighted by Gasteiger charge is 2.30. The van der Waals surface area contributed by atoms with Crippen molar-refractivity contribution in [3.05, 3.63) is 42.7 Å². The lowest BCUT2D eigenvalue weighted by Gasteiger charge is -2.29. The average molecular weight is 377 g/mol. The van der Waals surface area contributed by atoms with E-state index in [2.05, 4.69) is 10.3 Å². The van der Waals surface area contributed by atoms with Crippen LogP contribution in [0.25, 0.3) is 0 Å². The topological polar surface area (TPSA) is 97.8 Å². The summed E-state index contributed by atoms with van der Waals surface area (Å²) in [5.41, 5.74) is 0.811. The molecule has 2 heterocycles. The summed E-state index contributed by atoms with van der Waals surface area (Å²) in [6, 6.07) is 7.15. The predicted molar refractivity (Wildman–Crippen MR) is 97.1 cm³/mol. The lowest BCUT2D eigenvalue weighted by molar-refractivity contribution is -0.116. The van der Waals surface area contributed by atoms with Gasteiger partial charge in [-0.15, -0.1) is 0 Å². The smallest absolute Gasteiger partial charge is 0.248 e. The van der Waals surface area contributed by atoms with Gasteiger partial charge in [0.2, 0.25) is 15.9 Å². The van der Waals surface area contributed by atoms with Gasteiger partial charge in [0.1, 0.15) is 19.3 Å². The zero-order valence-corrected chi connectivity index (χ0v) is 15.2. The first-order chi connectivity index (χ1) is 12.4. The third kappa shape index (κ3) is 3.88. The fourth-order valence-electron chi connectivity index (χ4n) is 2.66. The van der Waals surface area contributed by atoms with Crippen LogP contribution in [0.5, 0.6) is 11.5 Å². The van der Waals surface area contributed by atoms with E-state index in [0.29, 0.717) is 36.1 Å². The minimum Gasteiger partial charge on any atom is -0.486 e. The highest BCUT2D eigenvalue weighted by molar-refractivity contribution is 7.92. The lowest BCUT2D eigenvalue weighted by atomic mass is 10.2. The Morgan fingerprint density at radius 3 is 2.62 bits per heavy atom. The van der Waals surface area contributed by atoms with Gasteiger partial charge in [-0.1, -0.05) is 0 Å². The second-order valence-corrected chi connectivity index (χ2v) is 7.65. The Morgan fingerprint density at radius 2 is 1.96 bits per heavy atom. The number of hydrogen-bond donors (Lipinski definition) is 1. The van der Waals surface area contributed by atoms with Crippen molar-refractivity contribution < 1.29 is 22.7 Å². The maximum atomic E-state index is 12.6. The first kappa shape index (κ1) is 18.0. The van der Waals surface area contributed by atoms with E-state index in [0.717, 1.165) is 10.6 Å². The molecule has 0 aliphatic carbocycles. The summed E-state index contributed by atoms with van der Waals surface area (Å²) in [6.45, 7) is 2.34. The fraction of sp³-hybridized carbons (Fsp3) is 0.294. The van der Waals surface area contributed by atoms with Gasteiger partial charge in [-0.05, 0) is 31.2 Å². The van der Waals surface area contributed by atoms with Crippen LogP contribution in [0, 0.1) is 0 Å². The van der Waals surface area contributed by atoms with Crippen LogP contribution < -0.4 is 19.1 Å². The first-order valence-electron chi connectivity index (χ1n) is 7.96. The molecule has 1 aromatic carbocycles. The molecule has 0 unspecified atom stereocenters. The molecule has 1 aliphatic rings. The quantitative estimate of drug-likeness (QED) is 0.851. The summed E-state index contributed by atoms with van der Waals surface area (Å²) in [7, 11) is -3.72. The number of amides is 1. The van der Waals surface area contributed by atoms with E-state index in [1.165, 1.54) is 13.1 Å². The van der Waals surface area contributed by atoms with Gasteiger partial charge in [-0.2, -0.15) is 0 Å². The minimum absolute atomic E-state index is 0.325. The van der Waals surface area contributed by atoms with Gasteiger partial charge in [-0.25, -0.2) is 8.42 Å². The Balaban J connectivity index is 1.90. The number of aromatic nitrogens is 1. The predicted octanol–water partition coefficient (Wildman–Crippen LogP) is 1.65. The van der Waals surface area contributed by atoms with Crippen molar-refractivity contribution in [3.63, 3.8) is 0 Å². The normalized spacial score (nSPS) is 14.4. The summed E-state index contributed by atoms with van der Waals surface area (Å²) in [6.07, 6.45) is 4.12. The second kappa shape index (κ2) is 7.20. The molecule has 138 valence electrons. The van der Waals surface area contributed by atoms with Crippen LogP contribution in [-0.2, 0) is 14.8 Å². The van der Waals surface area contributed by atoms with Gasteiger partial charge in [0.25, 0.3) is 0 Å². The Morgan fingerprint density at radius 1 is 1.23 bits per heavy atom. The van der Waals surface area contributed by atoms with Gasteiger partial charge in [0.15, 0.2) is 11.5 Å². The number of nitrogens with one attached hydrogen (secondary N) is 1. The van der Waals surface area contributed by atoms with Gasteiger partial charge in [0.05, 0.1) is 23.8 Å². The van der Waals surface area contributed by atoms with E-state index in [1.807, 2.05) is 0 Å². The van der Waals surface area contributed by atoms with Crippen LogP contribution in [0.1, 0.15) is 6.92 Å². The Labute approximate surface area is 151 Å². The summed E-state index contributed by atoms with van der Waals surface area (Å²) in [4.78, 5) is 16.5. The van der Waals surface area contributed by atoms with E-state index in [1.54, 1.807) is 36.5 Å². The first-order valence-corrected chi connectivity index (χ1v) is 9.81. The maximum absolute atomic E-state index is 12.6. The number of ether oxygens (including phenoxy) is 2. The summed E-state index contributed by atoms with van der Waals surface area (Å²) < 4.78 is 36.7. The molecule has 9 heteroatoms. The molecule has 0 spiro atoms. The molecule has 1 N–H and O–H groups in total. The van der Waals surface area contributed by atoms with Crippen LogP contribution in [0.4, 0.5) is 11.4 Å². The molecule has 8 nitrogen and oxygen atoms in total. The number of hydrogen-bond acceptors (Lipinski definition) is 6. The minimum atomic E-state index is -3.72.